The number of aryl methyl sites for hydroxylation is 2. The van der Waals surface area contributed by atoms with Crippen LogP contribution in [0.3, 0.4) is 0 Å². The van der Waals surface area contributed by atoms with Crippen molar-refractivity contribution < 1.29 is 4.39 Å². The molecule has 0 aliphatic heterocycles. The number of rotatable bonds is 5. The van der Waals surface area contributed by atoms with Crippen molar-refractivity contribution in [2.24, 2.45) is 0 Å². The molecular weight excluding hydrogens is 201 g/mol. The minimum Gasteiger partial charge on any atom is -0.310 e. The SMILES string of the molecule is CCCNC(CC)c1c(C)cc(F)cc1C. The standard InChI is InChI=1S/C14H22FN/c1-5-7-16-13(6-2)14-10(3)8-12(15)9-11(14)4/h8-9,13,16H,5-7H2,1-4H3. The summed E-state index contributed by atoms with van der Waals surface area (Å²) in [6.45, 7) is 9.30. The summed E-state index contributed by atoms with van der Waals surface area (Å²) in [6, 6.07) is 3.59. The molecular formula is C14H22FN. The molecule has 0 aliphatic carbocycles. The van der Waals surface area contributed by atoms with Crippen LogP contribution in [0.1, 0.15) is 49.4 Å². The topological polar surface area (TPSA) is 12.0 Å². The van der Waals surface area contributed by atoms with Gasteiger partial charge in [0.1, 0.15) is 5.82 Å². The van der Waals surface area contributed by atoms with Crippen molar-refractivity contribution in [3.8, 4) is 0 Å². The summed E-state index contributed by atoms with van der Waals surface area (Å²) in [4.78, 5) is 0. The van der Waals surface area contributed by atoms with Crippen LogP contribution in [0.15, 0.2) is 12.1 Å². The molecule has 0 heterocycles. The first kappa shape index (κ1) is 13.2. The highest BCUT2D eigenvalue weighted by molar-refractivity contribution is 5.36. The van der Waals surface area contributed by atoms with Crippen molar-refractivity contribution >= 4 is 0 Å². The second-order valence-corrected chi connectivity index (χ2v) is 4.37. The van der Waals surface area contributed by atoms with Gasteiger partial charge in [0.2, 0.25) is 0 Å². The number of hydrogen-bond donors (Lipinski definition) is 1. The van der Waals surface area contributed by atoms with Crippen molar-refractivity contribution in [2.75, 3.05) is 6.54 Å². The molecule has 1 nitrogen and oxygen atoms in total. The van der Waals surface area contributed by atoms with E-state index in [9.17, 15) is 4.39 Å². The van der Waals surface area contributed by atoms with E-state index in [1.165, 1.54) is 5.56 Å². The molecule has 0 aromatic heterocycles. The second kappa shape index (κ2) is 6.00. The molecule has 0 bridgehead atoms. The van der Waals surface area contributed by atoms with Crippen molar-refractivity contribution in [1.82, 2.24) is 5.32 Å². The zero-order valence-corrected chi connectivity index (χ0v) is 10.7. The van der Waals surface area contributed by atoms with Crippen molar-refractivity contribution in [3.63, 3.8) is 0 Å². The third kappa shape index (κ3) is 3.05. The molecule has 0 saturated heterocycles. The fraction of sp³-hybridized carbons (Fsp3) is 0.571. The van der Waals surface area contributed by atoms with Crippen molar-refractivity contribution in [1.29, 1.82) is 0 Å². The molecule has 1 atom stereocenters. The zero-order chi connectivity index (χ0) is 12.1. The van der Waals surface area contributed by atoms with Crippen LogP contribution in [0, 0.1) is 19.7 Å². The molecule has 0 aliphatic rings. The van der Waals surface area contributed by atoms with E-state index in [1.54, 1.807) is 12.1 Å². The summed E-state index contributed by atoms with van der Waals surface area (Å²) in [5.74, 6) is -0.135. The lowest BCUT2D eigenvalue weighted by molar-refractivity contribution is 0.512. The average molecular weight is 223 g/mol. The summed E-state index contributed by atoms with van der Waals surface area (Å²) < 4.78 is 13.2. The lowest BCUT2D eigenvalue weighted by Crippen LogP contribution is -2.23. The fourth-order valence-electron chi connectivity index (χ4n) is 2.24. The van der Waals surface area contributed by atoms with Gasteiger partial charge in [-0.05, 0) is 62.1 Å². The molecule has 0 radical (unpaired) electrons. The van der Waals surface area contributed by atoms with Crippen LogP contribution in [-0.2, 0) is 0 Å². The molecule has 16 heavy (non-hydrogen) atoms. The highest BCUT2D eigenvalue weighted by Crippen LogP contribution is 2.25. The van der Waals surface area contributed by atoms with E-state index in [1.807, 2.05) is 13.8 Å². The Balaban J connectivity index is 2.99. The van der Waals surface area contributed by atoms with Gasteiger partial charge < -0.3 is 5.32 Å². The van der Waals surface area contributed by atoms with Gasteiger partial charge in [-0.25, -0.2) is 4.39 Å². The third-order valence-corrected chi connectivity index (χ3v) is 2.96. The Bertz CT molecular complexity index is 324. The molecule has 0 amide bonds. The van der Waals surface area contributed by atoms with E-state index in [0.717, 1.165) is 30.5 Å². The molecule has 0 spiro atoms. The summed E-state index contributed by atoms with van der Waals surface area (Å²) >= 11 is 0. The van der Waals surface area contributed by atoms with Gasteiger partial charge in [-0.3, -0.25) is 0 Å². The maximum atomic E-state index is 13.2. The van der Waals surface area contributed by atoms with Gasteiger partial charge >= 0.3 is 0 Å². The molecule has 1 rings (SSSR count). The predicted octanol–water partition coefficient (Wildman–Crippen LogP) is 3.89. The van der Waals surface area contributed by atoms with E-state index in [-0.39, 0.29) is 5.82 Å². The van der Waals surface area contributed by atoms with Crippen LogP contribution in [-0.4, -0.2) is 6.54 Å². The van der Waals surface area contributed by atoms with Gasteiger partial charge in [-0.2, -0.15) is 0 Å². The Hall–Kier alpha value is -0.890. The molecule has 1 aromatic rings. The van der Waals surface area contributed by atoms with Crippen molar-refractivity contribution in [3.05, 3.63) is 34.6 Å². The summed E-state index contributed by atoms with van der Waals surface area (Å²) in [5, 5.41) is 3.51. The van der Waals surface area contributed by atoms with Gasteiger partial charge in [0, 0.05) is 6.04 Å². The molecule has 1 aromatic carbocycles. The summed E-state index contributed by atoms with van der Waals surface area (Å²) in [7, 11) is 0. The number of hydrogen-bond acceptors (Lipinski definition) is 1. The monoisotopic (exact) mass is 223 g/mol. The minimum absolute atomic E-state index is 0.135. The molecule has 1 unspecified atom stereocenters. The van der Waals surface area contributed by atoms with E-state index in [2.05, 4.69) is 19.2 Å². The first-order valence-corrected chi connectivity index (χ1v) is 6.10. The maximum absolute atomic E-state index is 13.2. The lowest BCUT2D eigenvalue weighted by atomic mass is 9.94. The van der Waals surface area contributed by atoms with Crippen LogP contribution in [0.2, 0.25) is 0 Å². The highest BCUT2D eigenvalue weighted by atomic mass is 19.1. The minimum atomic E-state index is -0.135. The molecule has 2 heteroatoms. The van der Waals surface area contributed by atoms with Crippen LogP contribution >= 0.6 is 0 Å². The second-order valence-electron chi connectivity index (χ2n) is 4.37. The number of benzene rings is 1. The normalized spacial score (nSPS) is 12.8. The van der Waals surface area contributed by atoms with E-state index in [0.29, 0.717) is 6.04 Å². The van der Waals surface area contributed by atoms with Gasteiger partial charge in [0.15, 0.2) is 0 Å². The quantitative estimate of drug-likeness (QED) is 0.798. The van der Waals surface area contributed by atoms with Gasteiger partial charge in [-0.15, -0.1) is 0 Å². The Kier molecular flexibility index (Phi) is 4.94. The lowest BCUT2D eigenvalue weighted by Gasteiger charge is -2.21. The maximum Gasteiger partial charge on any atom is 0.123 e. The number of halogens is 1. The largest absolute Gasteiger partial charge is 0.310 e. The molecule has 1 N–H and O–H groups in total. The Labute approximate surface area is 98.1 Å². The van der Waals surface area contributed by atoms with Crippen LogP contribution in [0.5, 0.6) is 0 Å². The van der Waals surface area contributed by atoms with Crippen LogP contribution < -0.4 is 5.32 Å². The highest BCUT2D eigenvalue weighted by Gasteiger charge is 2.14. The first-order valence-electron chi connectivity index (χ1n) is 6.10. The summed E-state index contributed by atoms with van der Waals surface area (Å²) in [6.07, 6.45) is 2.16. The third-order valence-electron chi connectivity index (χ3n) is 2.96. The smallest absolute Gasteiger partial charge is 0.123 e. The molecule has 0 fully saturated rings. The Morgan fingerprint density at radius 2 is 1.75 bits per heavy atom. The molecule has 0 saturated carbocycles. The van der Waals surface area contributed by atoms with Crippen molar-refractivity contribution in [2.45, 2.75) is 46.6 Å². The molecule has 90 valence electrons. The van der Waals surface area contributed by atoms with Crippen LogP contribution in [0.4, 0.5) is 4.39 Å². The van der Waals surface area contributed by atoms with Gasteiger partial charge in [0.25, 0.3) is 0 Å². The zero-order valence-electron chi connectivity index (χ0n) is 10.7. The predicted molar refractivity (Wildman–Crippen MR) is 67.2 cm³/mol. The average Bonchev–Trinajstić information content (AvgIpc) is 2.21. The van der Waals surface area contributed by atoms with Gasteiger partial charge in [0.05, 0.1) is 0 Å². The van der Waals surface area contributed by atoms with Gasteiger partial charge in [-0.1, -0.05) is 13.8 Å². The Morgan fingerprint density at radius 1 is 1.19 bits per heavy atom. The van der Waals surface area contributed by atoms with Crippen LogP contribution in [0.25, 0.3) is 0 Å². The Morgan fingerprint density at radius 3 is 2.19 bits per heavy atom. The van der Waals surface area contributed by atoms with E-state index >= 15 is 0 Å². The summed E-state index contributed by atoms with van der Waals surface area (Å²) in [5.41, 5.74) is 3.36. The van der Waals surface area contributed by atoms with E-state index in [4.69, 9.17) is 0 Å². The fourth-order valence-corrected chi connectivity index (χ4v) is 2.24. The first-order chi connectivity index (χ1) is 7.60. The number of nitrogens with one attached hydrogen (secondary N) is 1. The van der Waals surface area contributed by atoms with E-state index < -0.39 is 0 Å².